The third-order valence-corrected chi connectivity index (χ3v) is 4.85. The molecule has 3 heterocycles. The van der Waals surface area contributed by atoms with Gasteiger partial charge in [0, 0.05) is 32.2 Å². The van der Waals surface area contributed by atoms with Gasteiger partial charge in [-0.15, -0.1) is 0 Å². The SMILES string of the molecule is CS(=O)(=O)N1CCN(c2ccc3ncc([N+](=O)[O-])n3n2)CC1. The molecule has 3 rings (SSSR count). The van der Waals surface area contributed by atoms with Gasteiger partial charge in [-0.3, -0.25) is 0 Å². The Balaban J connectivity index is 1.86. The summed E-state index contributed by atoms with van der Waals surface area (Å²) in [7, 11) is -3.19. The fraction of sp³-hybridized carbons (Fsp3) is 0.455. The number of piperazine rings is 1. The van der Waals surface area contributed by atoms with Crippen LogP contribution in [0.2, 0.25) is 0 Å². The van der Waals surface area contributed by atoms with Crippen LogP contribution in [0.1, 0.15) is 0 Å². The molecule has 1 aliphatic heterocycles. The number of imidazole rings is 1. The zero-order valence-electron chi connectivity index (χ0n) is 11.8. The van der Waals surface area contributed by atoms with Gasteiger partial charge >= 0.3 is 5.82 Å². The van der Waals surface area contributed by atoms with Gasteiger partial charge in [-0.25, -0.2) is 13.4 Å². The number of nitro groups is 1. The van der Waals surface area contributed by atoms with E-state index in [0.29, 0.717) is 37.6 Å². The molecular weight excluding hydrogens is 312 g/mol. The number of sulfonamides is 1. The van der Waals surface area contributed by atoms with Crippen LogP contribution < -0.4 is 4.90 Å². The Bertz CT molecular complexity index is 824. The fourth-order valence-electron chi connectivity index (χ4n) is 2.39. The second-order valence-corrected chi connectivity index (χ2v) is 6.97. The summed E-state index contributed by atoms with van der Waals surface area (Å²) in [6.45, 7) is 1.69. The molecule has 1 fully saturated rings. The van der Waals surface area contributed by atoms with Crippen molar-refractivity contribution in [1.29, 1.82) is 0 Å². The van der Waals surface area contributed by atoms with E-state index in [9.17, 15) is 18.5 Å². The average Bonchev–Trinajstić information content (AvgIpc) is 2.89. The Morgan fingerprint density at radius 2 is 1.91 bits per heavy atom. The second-order valence-electron chi connectivity index (χ2n) is 4.98. The lowest BCUT2D eigenvalue weighted by Crippen LogP contribution is -2.48. The summed E-state index contributed by atoms with van der Waals surface area (Å²) < 4.78 is 25.6. The largest absolute Gasteiger partial charge is 0.368 e. The number of nitrogens with zero attached hydrogens (tertiary/aromatic N) is 6. The summed E-state index contributed by atoms with van der Waals surface area (Å²) in [6, 6.07) is 3.38. The lowest BCUT2D eigenvalue weighted by atomic mass is 10.3. The zero-order chi connectivity index (χ0) is 15.9. The highest BCUT2D eigenvalue weighted by molar-refractivity contribution is 7.88. The van der Waals surface area contributed by atoms with Crippen molar-refractivity contribution in [1.82, 2.24) is 18.9 Å². The highest BCUT2D eigenvalue weighted by Gasteiger charge is 2.25. The maximum atomic E-state index is 11.5. The Morgan fingerprint density at radius 1 is 1.23 bits per heavy atom. The van der Waals surface area contributed by atoms with Crippen LogP contribution in [0.4, 0.5) is 11.6 Å². The van der Waals surface area contributed by atoms with Crippen LogP contribution in [0.15, 0.2) is 18.3 Å². The van der Waals surface area contributed by atoms with E-state index in [2.05, 4.69) is 10.1 Å². The molecule has 11 heteroatoms. The first kappa shape index (κ1) is 14.7. The number of anilines is 1. The molecule has 0 saturated carbocycles. The molecule has 0 bridgehead atoms. The predicted molar refractivity (Wildman–Crippen MR) is 78.3 cm³/mol. The Labute approximate surface area is 126 Å². The van der Waals surface area contributed by atoms with Crippen molar-refractivity contribution in [2.75, 3.05) is 37.3 Å². The summed E-state index contributed by atoms with van der Waals surface area (Å²) in [6.07, 6.45) is 2.34. The summed E-state index contributed by atoms with van der Waals surface area (Å²) in [4.78, 5) is 16.2. The van der Waals surface area contributed by atoms with Gasteiger partial charge in [-0.2, -0.15) is 4.31 Å². The third kappa shape index (κ3) is 2.60. The van der Waals surface area contributed by atoms with Crippen LogP contribution in [0.3, 0.4) is 0 Å². The van der Waals surface area contributed by atoms with Crippen molar-refractivity contribution in [3.05, 3.63) is 28.4 Å². The van der Waals surface area contributed by atoms with Gasteiger partial charge < -0.3 is 15.0 Å². The topological polar surface area (TPSA) is 114 Å². The molecule has 118 valence electrons. The average molecular weight is 326 g/mol. The van der Waals surface area contributed by atoms with Crippen LogP contribution in [0.25, 0.3) is 5.65 Å². The van der Waals surface area contributed by atoms with E-state index < -0.39 is 14.9 Å². The lowest BCUT2D eigenvalue weighted by molar-refractivity contribution is -0.391. The first-order chi connectivity index (χ1) is 10.4. The summed E-state index contributed by atoms with van der Waals surface area (Å²) >= 11 is 0. The van der Waals surface area contributed by atoms with Crippen LogP contribution in [-0.2, 0) is 10.0 Å². The summed E-state index contributed by atoms with van der Waals surface area (Å²) in [5.74, 6) is 0.355. The molecule has 0 atom stereocenters. The van der Waals surface area contributed by atoms with E-state index in [0.717, 1.165) is 6.20 Å². The molecule has 10 nitrogen and oxygen atoms in total. The van der Waals surface area contributed by atoms with Gasteiger partial charge in [0.15, 0.2) is 5.82 Å². The number of hydrogen-bond acceptors (Lipinski definition) is 7. The second kappa shape index (κ2) is 5.18. The molecule has 1 saturated heterocycles. The molecule has 0 amide bonds. The lowest BCUT2D eigenvalue weighted by Gasteiger charge is -2.33. The minimum atomic E-state index is -3.19. The standard InChI is InChI=1S/C11H14N6O4S/c1-22(20,21)15-6-4-14(5-7-15)10-3-2-9-12-8-11(17(18)19)16(9)13-10/h2-3,8H,4-7H2,1H3. The molecule has 0 N–H and O–H groups in total. The van der Waals surface area contributed by atoms with E-state index in [1.165, 1.54) is 15.1 Å². The molecule has 1 aliphatic rings. The van der Waals surface area contributed by atoms with Crippen molar-refractivity contribution < 1.29 is 13.3 Å². The van der Waals surface area contributed by atoms with Crippen molar-refractivity contribution >= 4 is 27.3 Å². The first-order valence-corrected chi connectivity index (χ1v) is 8.40. The Hall–Kier alpha value is -2.27. The van der Waals surface area contributed by atoms with Crippen molar-refractivity contribution in [2.45, 2.75) is 0 Å². The van der Waals surface area contributed by atoms with E-state index >= 15 is 0 Å². The molecule has 2 aromatic rings. The monoisotopic (exact) mass is 326 g/mol. The predicted octanol–water partition coefficient (Wildman–Crippen LogP) is -0.281. The number of hydrogen-bond donors (Lipinski definition) is 0. The molecule has 22 heavy (non-hydrogen) atoms. The highest BCUT2D eigenvalue weighted by atomic mass is 32.2. The quantitative estimate of drug-likeness (QED) is 0.563. The zero-order valence-corrected chi connectivity index (χ0v) is 12.6. The van der Waals surface area contributed by atoms with Gasteiger partial charge in [-0.05, 0) is 11.0 Å². The summed E-state index contributed by atoms with van der Waals surface area (Å²) in [5, 5.41) is 15.2. The van der Waals surface area contributed by atoms with Gasteiger partial charge in [0.2, 0.25) is 15.7 Å². The van der Waals surface area contributed by atoms with E-state index in [1.54, 1.807) is 12.1 Å². The maximum absolute atomic E-state index is 11.5. The minimum absolute atomic E-state index is 0.202. The fourth-order valence-corrected chi connectivity index (χ4v) is 3.22. The van der Waals surface area contributed by atoms with Crippen molar-refractivity contribution in [3.63, 3.8) is 0 Å². The molecule has 0 spiro atoms. The number of aromatic nitrogens is 3. The van der Waals surface area contributed by atoms with Gasteiger partial charge in [0.25, 0.3) is 0 Å². The summed E-state index contributed by atoms with van der Waals surface area (Å²) in [5.41, 5.74) is 0.394. The van der Waals surface area contributed by atoms with E-state index in [4.69, 9.17) is 0 Å². The molecule has 0 radical (unpaired) electrons. The van der Waals surface area contributed by atoms with Crippen LogP contribution >= 0.6 is 0 Å². The van der Waals surface area contributed by atoms with E-state index in [-0.39, 0.29) is 5.82 Å². The molecular formula is C11H14N6O4S. The molecule has 0 unspecified atom stereocenters. The number of fused-ring (bicyclic) bond motifs is 1. The van der Waals surface area contributed by atoms with Crippen LogP contribution in [0.5, 0.6) is 0 Å². The highest BCUT2D eigenvalue weighted by Crippen LogP contribution is 2.18. The maximum Gasteiger partial charge on any atom is 0.368 e. The van der Waals surface area contributed by atoms with Crippen LogP contribution in [-0.4, -0.2) is 64.7 Å². The van der Waals surface area contributed by atoms with Crippen molar-refractivity contribution in [2.24, 2.45) is 0 Å². The smallest absolute Gasteiger partial charge is 0.358 e. The normalized spacial score (nSPS) is 17.0. The van der Waals surface area contributed by atoms with Crippen LogP contribution in [0, 0.1) is 10.1 Å². The third-order valence-electron chi connectivity index (χ3n) is 3.55. The minimum Gasteiger partial charge on any atom is -0.358 e. The van der Waals surface area contributed by atoms with Crippen molar-refractivity contribution in [3.8, 4) is 0 Å². The van der Waals surface area contributed by atoms with Gasteiger partial charge in [-0.1, -0.05) is 9.61 Å². The Kier molecular flexibility index (Phi) is 3.45. The molecule has 0 aliphatic carbocycles. The van der Waals surface area contributed by atoms with E-state index in [1.807, 2.05) is 4.90 Å². The van der Waals surface area contributed by atoms with Gasteiger partial charge in [0.1, 0.15) is 6.20 Å². The number of rotatable bonds is 3. The Morgan fingerprint density at radius 3 is 2.50 bits per heavy atom. The molecule has 0 aromatic carbocycles. The first-order valence-electron chi connectivity index (χ1n) is 6.55. The van der Waals surface area contributed by atoms with Gasteiger partial charge in [0.05, 0.1) is 6.26 Å². The molecule has 2 aromatic heterocycles.